The summed E-state index contributed by atoms with van der Waals surface area (Å²) in [6, 6.07) is 11.6. The van der Waals surface area contributed by atoms with E-state index in [2.05, 4.69) is 21.2 Å². The first-order chi connectivity index (χ1) is 12.7. The fourth-order valence-electron chi connectivity index (χ4n) is 2.22. The van der Waals surface area contributed by atoms with Crippen LogP contribution in [-0.4, -0.2) is 29.0 Å². The van der Waals surface area contributed by atoms with E-state index in [9.17, 15) is 28.2 Å². The second-order valence-electron chi connectivity index (χ2n) is 5.69. The van der Waals surface area contributed by atoms with E-state index in [0.29, 0.717) is 0 Å². The van der Waals surface area contributed by atoms with Crippen molar-refractivity contribution in [2.45, 2.75) is 25.0 Å². The molecule has 2 unspecified atom stereocenters. The van der Waals surface area contributed by atoms with Crippen molar-refractivity contribution in [3.63, 3.8) is 0 Å². The number of alkyl carbamates (subject to hydrolysis) is 1. The summed E-state index contributed by atoms with van der Waals surface area (Å²) < 4.78 is 43.0. The highest BCUT2D eigenvalue weighted by atomic mass is 79.9. The van der Waals surface area contributed by atoms with Crippen LogP contribution in [0.25, 0.3) is 0 Å². The minimum atomic E-state index is -4.52. The first kappa shape index (κ1) is 21.2. The molecule has 0 aliphatic rings. The van der Waals surface area contributed by atoms with Gasteiger partial charge >= 0.3 is 12.3 Å². The quantitative estimate of drug-likeness (QED) is 0.629. The van der Waals surface area contributed by atoms with E-state index in [1.807, 2.05) is 6.07 Å². The van der Waals surface area contributed by atoms with Crippen LogP contribution in [0.15, 0.2) is 53.0 Å². The predicted molar refractivity (Wildman–Crippen MR) is 94.7 cm³/mol. The van der Waals surface area contributed by atoms with Crippen molar-refractivity contribution < 1.29 is 32.9 Å². The Morgan fingerprint density at radius 3 is 2.41 bits per heavy atom. The molecule has 27 heavy (non-hydrogen) atoms. The number of ether oxygens (including phenoxy) is 1. The molecule has 0 spiro atoms. The Balaban J connectivity index is 1.88. The molecule has 0 saturated heterocycles. The Bertz CT molecular complexity index is 771. The van der Waals surface area contributed by atoms with E-state index in [1.54, 1.807) is 24.3 Å². The number of hydrogen-bond acceptors (Lipinski definition) is 4. The Kier molecular flexibility index (Phi) is 7.23. The van der Waals surface area contributed by atoms with Crippen molar-refractivity contribution in [2.24, 2.45) is 0 Å². The molecule has 0 heterocycles. The number of alkyl halides is 3. The lowest BCUT2D eigenvalue weighted by Crippen LogP contribution is -2.35. The third-order valence-corrected chi connectivity index (χ3v) is 4.37. The van der Waals surface area contributed by atoms with Crippen LogP contribution in [0.5, 0.6) is 0 Å². The molecule has 0 bridgehead atoms. The van der Waals surface area contributed by atoms with Gasteiger partial charge in [-0.1, -0.05) is 52.3 Å². The van der Waals surface area contributed by atoms with Gasteiger partial charge in [-0.25, -0.2) is 4.79 Å². The number of carbonyl (C=O) groups excluding carboxylic acids is 1. The molecule has 3 N–H and O–H groups in total. The summed E-state index contributed by atoms with van der Waals surface area (Å²) >= 11 is 2.96. The lowest BCUT2D eigenvalue weighted by molar-refractivity contribution is -0.137. The van der Waals surface area contributed by atoms with E-state index < -0.39 is 30.0 Å². The second-order valence-corrected chi connectivity index (χ2v) is 6.54. The van der Waals surface area contributed by atoms with Crippen LogP contribution >= 0.6 is 15.9 Å². The van der Waals surface area contributed by atoms with Crippen molar-refractivity contribution in [1.82, 2.24) is 5.32 Å². The van der Waals surface area contributed by atoms with Crippen molar-refractivity contribution in [3.05, 3.63) is 69.7 Å². The van der Waals surface area contributed by atoms with Gasteiger partial charge in [0, 0.05) is 11.0 Å². The van der Waals surface area contributed by atoms with Crippen molar-refractivity contribution in [2.75, 3.05) is 6.54 Å². The van der Waals surface area contributed by atoms with Crippen LogP contribution in [0.1, 0.15) is 22.8 Å². The molecule has 0 saturated carbocycles. The molecule has 0 aliphatic carbocycles. The molecule has 2 rings (SSSR count). The van der Waals surface area contributed by atoms with E-state index in [4.69, 9.17) is 4.74 Å². The third kappa shape index (κ3) is 6.23. The Morgan fingerprint density at radius 1 is 1.15 bits per heavy atom. The number of halogens is 4. The zero-order valence-electron chi connectivity index (χ0n) is 13.9. The predicted octanol–water partition coefficient (Wildman–Crippen LogP) is 3.79. The molecule has 0 aliphatic heterocycles. The van der Waals surface area contributed by atoms with Crippen molar-refractivity contribution in [3.8, 4) is 0 Å². The summed E-state index contributed by atoms with van der Waals surface area (Å²) in [5.41, 5.74) is -0.0423. The van der Waals surface area contributed by atoms with Crippen LogP contribution in [-0.2, 0) is 17.5 Å². The van der Waals surface area contributed by atoms with E-state index in [0.717, 1.165) is 23.8 Å². The fraction of sp³-hybridized carbons (Fsp3) is 0.278. The average Bonchev–Trinajstić information content (AvgIpc) is 2.63. The summed E-state index contributed by atoms with van der Waals surface area (Å²) in [4.78, 5) is 11.6. The molecular formula is C18H17BrF3NO4. The van der Waals surface area contributed by atoms with Gasteiger partial charge in [-0.2, -0.15) is 13.2 Å². The number of carbonyl (C=O) groups is 1. The minimum absolute atomic E-state index is 0.00414. The Labute approximate surface area is 161 Å². The maximum Gasteiger partial charge on any atom is 0.416 e. The van der Waals surface area contributed by atoms with Gasteiger partial charge < -0.3 is 20.3 Å². The Hall–Kier alpha value is -2.10. The molecule has 2 atom stereocenters. The summed E-state index contributed by atoms with van der Waals surface area (Å²) in [6.45, 7) is -0.308. The van der Waals surface area contributed by atoms with Gasteiger partial charge in [-0.3, -0.25) is 0 Å². The summed E-state index contributed by atoms with van der Waals surface area (Å²) in [7, 11) is 0. The first-order valence-electron chi connectivity index (χ1n) is 7.86. The molecule has 2 aromatic carbocycles. The Morgan fingerprint density at radius 2 is 1.81 bits per heavy atom. The molecule has 2 aromatic rings. The molecule has 0 aromatic heterocycles. The highest BCUT2D eigenvalue weighted by Crippen LogP contribution is 2.34. The van der Waals surface area contributed by atoms with Crippen LogP contribution in [0.3, 0.4) is 0 Å². The van der Waals surface area contributed by atoms with Gasteiger partial charge in [-0.05, 0) is 23.3 Å². The van der Waals surface area contributed by atoms with Gasteiger partial charge in [-0.15, -0.1) is 0 Å². The minimum Gasteiger partial charge on any atom is -0.445 e. The lowest BCUT2D eigenvalue weighted by Gasteiger charge is -2.20. The first-order valence-corrected chi connectivity index (χ1v) is 8.65. The summed E-state index contributed by atoms with van der Waals surface area (Å²) in [6.07, 6.45) is -8.26. The zero-order chi connectivity index (χ0) is 20.0. The molecule has 5 nitrogen and oxygen atoms in total. The zero-order valence-corrected chi connectivity index (χ0v) is 15.5. The van der Waals surface area contributed by atoms with Gasteiger partial charge in [0.1, 0.15) is 18.8 Å². The number of benzene rings is 2. The summed E-state index contributed by atoms with van der Waals surface area (Å²) in [5, 5.41) is 22.4. The number of rotatable bonds is 6. The van der Waals surface area contributed by atoms with Crippen molar-refractivity contribution in [1.29, 1.82) is 0 Å². The largest absolute Gasteiger partial charge is 0.445 e. The smallest absolute Gasteiger partial charge is 0.416 e. The third-order valence-electron chi connectivity index (χ3n) is 3.68. The van der Waals surface area contributed by atoms with Crippen LogP contribution in [0.2, 0.25) is 0 Å². The van der Waals surface area contributed by atoms with Gasteiger partial charge in [0.15, 0.2) is 0 Å². The topological polar surface area (TPSA) is 78.8 Å². The second kappa shape index (κ2) is 9.20. The van der Waals surface area contributed by atoms with E-state index >= 15 is 0 Å². The van der Waals surface area contributed by atoms with Crippen LogP contribution < -0.4 is 5.32 Å². The molecule has 9 heteroatoms. The number of aliphatic hydroxyl groups excluding tert-OH is 2. The normalized spacial score (nSPS) is 13.7. The van der Waals surface area contributed by atoms with Gasteiger partial charge in [0.2, 0.25) is 0 Å². The maximum absolute atomic E-state index is 12.7. The van der Waals surface area contributed by atoms with Crippen molar-refractivity contribution >= 4 is 22.0 Å². The van der Waals surface area contributed by atoms with Gasteiger partial charge in [0.05, 0.1) is 5.56 Å². The average molecular weight is 448 g/mol. The van der Waals surface area contributed by atoms with Crippen LogP contribution in [0, 0.1) is 0 Å². The molecular weight excluding hydrogens is 431 g/mol. The number of hydrogen-bond donors (Lipinski definition) is 3. The molecule has 0 radical (unpaired) electrons. The molecule has 1 amide bonds. The summed E-state index contributed by atoms with van der Waals surface area (Å²) in [5.74, 6) is 0. The number of nitrogens with one attached hydrogen (secondary N) is 1. The monoisotopic (exact) mass is 447 g/mol. The van der Waals surface area contributed by atoms with Gasteiger partial charge in [0.25, 0.3) is 0 Å². The SMILES string of the molecule is O=C(NCC(O)C(O)c1ccc(C(F)(F)F)cc1Br)OCc1ccccc1. The molecule has 146 valence electrons. The van der Waals surface area contributed by atoms with E-state index in [-0.39, 0.29) is 23.2 Å². The number of aliphatic hydroxyl groups is 2. The highest BCUT2D eigenvalue weighted by molar-refractivity contribution is 9.10. The van der Waals surface area contributed by atoms with Crippen LogP contribution in [0.4, 0.5) is 18.0 Å². The molecule has 0 fully saturated rings. The maximum atomic E-state index is 12.7. The fourth-order valence-corrected chi connectivity index (χ4v) is 2.84. The highest BCUT2D eigenvalue weighted by Gasteiger charge is 2.32. The van der Waals surface area contributed by atoms with E-state index in [1.165, 1.54) is 0 Å². The number of amides is 1. The standard InChI is InChI=1S/C18H17BrF3NO4/c19-14-8-12(18(20,21)22)6-7-13(14)16(25)15(24)9-23-17(26)27-10-11-4-2-1-3-5-11/h1-8,15-16,24-25H,9-10H2,(H,23,26). The lowest BCUT2D eigenvalue weighted by atomic mass is 10.0.